The smallest absolute Gasteiger partial charge is 0.254 e. The van der Waals surface area contributed by atoms with Gasteiger partial charge in [0.15, 0.2) is 0 Å². The average Bonchev–Trinajstić information content (AvgIpc) is 3.35. The minimum Gasteiger partial charge on any atom is -0.350 e. The molecule has 2 aromatic carbocycles. The van der Waals surface area contributed by atoms with Crippen molar-refractivity contribution in [1.29, 1.82) is 0 Å². The SMILES string of the molecule is CN(Cc1ccccc1)C1(CNC(=O)c2cn[nH]c2)Cc2ccccc2C1. The molecule has 1 amide bonds. The maximum Gasteiger partial charge on any atom is 0.254 e. The molecular formula is C22H24N4O. The number of fused-ring (bicyclic) bond motifs is 1. The van der Waals surface area contributed by atoms with Gasteiger partial charge in [-0.05, 0) is 36.6 Å². The Labute approximate surface area is 159 Å². The Balaban J connectivity index is 1.55. The molecule has 0 bridgehead atoms. The van der Waals surface area contributed by atoms with E-state index >= 15 is 0 Å². The zero-order chi connectivity index (χ0) is 18.7. The highest BCUT2D eigenvalue weighted by atomic mass is 16.1. The predicted octanol–water partition coefficient (Wildman–Crippen LogP) is 2.81. The summed E-state index contributed by atoms with van der Waals surface area (Å²) in [6, 6.07) is 19.1. The molecule has 0 saturated carbocycles. The van der Waals surface area contributed by atoms with Gasteiger partial charge in [-0.1, -0.05) is 54.6 Å². The molecule has 0 aliphatic heterocycles. The van der Waals surface area contributed by atoms with Crippen LogP contribution in [0, 0.1) is 0 Å². The normalized spacial score (nSPS) is 14.9. The second-order valence-corrected chi connectivity index (χ2v) is 7.36. The second kappa shape index (κ2) is 7.37. The first-order valence-electron chi connectivity index (χ1n) is 9.25. The number of H-pyrrole nitrogens is 1. The van der Waals surface area contributed by atoms with Crippen LogP contribution in [0.15, 0.2) is 67.0 Å². The first-order chi connectivity index (χ1) is 13.2. The van der Waals surface area contributed by atoms with E-state index < -0.39 is 0 Å². The lowest BCUT2D eigenvalue weighted by atomic mass is 9.92. The van der Waals surface area contributed by atoms with Crippen LogP contribution >= 0.6 is 0 Å². The van der Waals surface area contributed by atoms with Crippen LogP contribution < -0.4 is 5.32 Å². The molecule has 0 unspecified atom stereocenters. The predicted molar refractivity (Wildman–Crippen MR) is 105 cm³/mol. The molecule has 1 aromatic heterocycles. The Morgan fingerprint density at radius 1 is 1.11 bits per heavy atom. The fourth-order valence-electron chi connectivity index (χ4n) is 3.95. The summed E-state index contributed by atoms with van der Waals surface area (Å²) in [5.41, 5.74) is 4.44. The quantitative estimate of drug-likeness (QED) is 0.711. The number of aromatic amines is 1. The molecule has 0 atom stereocenters. The zero-order valence-electron chi connectivity index (χ0n) is 15.5. The second-order valence-electron chi connectivity index (χ2n) is 7.36. The van der Waals surface area contributed by atoms with Gasteiger partial charge in [-0.25, -0.2) is 0 Å². The lowest BCUT2D eigenvalue weighted by molar-refractivity contribution is 0.0856. The van der Waals surface area contributed by atoms with Gasteiger partial charge in [-0.2, -0.15) is 5.10 Å². The molecule has 1 heterocycles. The highest BCUT2D eigenvalue weighted by Gasteiger charge is 2.40. The van der Waals surface area contributed by atoms with E-state index in [1.165, 1.54) is 16.7 Å². The van der Waals surface area contributed by atoms with Crippen molar-refractivity contribution >= 4 is 5.91 Å². The Morgan fingerprint density at radius 2 is 1.78 bits per heavy atom. The summed E-state index contributed by atoms with van der Waals surface area (Å²) in [6.45, 7) is 1.44. The van der Waals surface area contributed by atoms with Gasteiger partial charge in [0.25, 0.3) is 5.91 Å². The highest BCUT2D eigenvalue weighted by Crippen LogP contribution is 2.34. The zero-order valence-corrected chi connectivity index (χ0v) is 15.5. The number of benzene rings is 2. The van der Waals surface area contributed by atoms with Crippen LogP contribution in [-0.2, 0) is 19.4 Å². The van der Waals surface area contributed by atoms with Crippen LogP contribution in [-0.4, -0.2) is 40.1 Å². The summed E-state index contributed by atoms with van der Waals surface area (Å²) in [5.74, 6) is -0.0906. The van der Waals surface area contributed by atoms with E-state index in [0.717, 1.165) is 19.4 Å². The summed E-state index contributed by atoms with van der Waals surface area (Å²) in [6.07, 6.45) is 5.04. The first kappa shape index (κ1) is 17.5. The number of amides is 1. The van der Waals surface area contributed by atoms with Gasteiger partial charge in [-0.3, -0.25) is 14.8 Å². The van der Waals surface area contributed by atoms with E-state index in [1.807, 2.05) is 6.07 Å². The Morgan fingerprint density at radius 3 is 2.41 bits per heavy atom. The van der Waals surface area contributed by atoms with Crippen molar-refractivity contribution in [3.63, 3.8) is 0 Å². The average molecular weight is 360 g/mol. The summed E-state index contributed by atoms with van der Waals surface area (Å²) in [4.78, 5) is 14.9. The van der Waals surface area contributed by atoms with E-state index in [1.54, 1.807) is 12.4 Å². The maximum absolute atomic E-state index is 12.5. The van der Waals surface area contributed by atoms with E-state index in [9.17, 15) is 4.79 Å². The number of carbonyl (C=O) groups excluding carboxylic acids is 1. The molecule has 27 heavy (non-hydrogen) atoms. The van der Waals surface area contributed by atoms with Crippen molar-refractivity contribution in [3.05, 3.63) is 89.2 Å². The molecule has 0 radical (unpaired) electrons. The number of hydrogen-bond donors (Lipinski definition) is 2. The van der Waals surface area contributed by atoms with E-state index in [-0.39, 0.29) is 11.4 Å². The number of rotatable bonds is 6. The third-order valence-corrected chi connectivity index (χ3v) is 5.57. The molecule has 2 N–H and O–H groups in total. The van der Waals surface area contributed by atoms with Gasteiger partial charge in [0.05, 0.1) is 11.8 Å². The third kappa shape index (κ3) is 3.64. The van der Waals surface area contributed by atoms with Crippen LogP contribution in [0.25, 0.3) is 0 Å². The van der Waals surface area contributed by atoms with Crippen LogP contribution in [0.3, 0.4) is 0 Å². The summed E-state index contributed by atoms with van der Waals surface area (Å²) in [5, 5.41) is 9.69. The summed E-state index contributed by atoms with van der Waals surface area (Å²) < 4.78 is 0. The standard InChI is InChI=1S/C22H24N4O/c1-26(15-17-7-3-2-4-8-17)22(11-18-9-5-6-10-19(18)12-22)16-23-21(27)20-13-24-25-14-20/h2-10,13-14H,11-12,15-16H2,1H3,(H,23,27)(H,24,25). The molecule has 5 nitrogen and oxygen atoms in total. The summed E-state index contributed by atoms with van der Waals surface area (Å²) >= 11 is 0. The van der Waals surface area contributed by atoms with Crippen molar-refractivity contribution in [2.24, 2.45) is 0 Å². The minimum atomic E-state index is -0.140. The van der Waals surface area contributed by atoms with Gasteiger partial charge >= 0.3 is 0 Å². The van der Waals surface area contributed by atoms with Crippen molar-refractivity contribution in [3.8, 4) is 0 Å². The molecular weight excluding hydrogens is 336 g/mol. The van der Waals surface area contributed by atoms with Gasteiger partial charge in [0.2, 0.25) is 0 Å². The first-order valence-corrected chi connectivity index (χ1v) is 9.25. The largest absolute Gasteiger partial charge is 0.350 e. The molecule has 0 saturated heterocycles. The molecule has 1 aliphatic carbocycles. The highest BCUT2D eigenvalue weighted by molar-refractivity contribution is 5.93. The molecule has 0 spiro atoms. The van der Waals surface area contributed by atoms with E-state index in [2.05, 4.69) is 76.0 Å². The number of nitrogens with zero attached hydrogens (tertiary/aromatic N) is 2. The Bertz CT molecular complexity index is 880. The van der Waals surface area contributed by atoms with Crippen molar-refractivity contribution in [1.82, 2.24) is 20.4 Å². The van der Waals surface area contributed by atoms with E-state index in [4.69, 9.17) is 0 Å². The lowest BCUT2D eigenvalue weighted by Crippen LogP contribution is -2.54. The number of likely N-dealkylation sites (N-methyl/N-ethyl adjacent to an activating group) is 1. The molecule has 4 rings (SSSR count). The molecule has 0 fully saturated rings. The van der Waals surface area contributed by atoms with Crippen molar-refractivity contribution < 1.29 is 4.79 Å². The van der Waals surface area contributed by atoms with Crippen LogP contribution in [0.2, 0.25) is 0 Å². The van der Waals surface area contributed by atoms with Gasteiger partial charge in [-0.15, -0.1) is 0 Å². The molecule has 5 heteroatoms. The fraction of sp³-hybridized carbons (Fsp3) is 0.273. The third-order valence-electron chi connectivity index (χ3n) is 5.57. The number of hydrogen-bond acceptors (Lipinski definition) is 3. The molecule has 3 aromatic rings. The van der Waals surface area contributed by atoms with Crippen LogP contribution in [0.5, 0.6) is 0 Å². The number of carbonyl (C=O) groups is 1. The fourth-order valence-corrected chi connectivity index (χ4v) is 3.95. The van der Waals surface area contributed by atoms with E-state index in [0.29, 0.717) is 12.1 Å². The topological polar surface area (TPSA) is 61.0 Å². The number of nitrogens with one attached hydrogen (secondary N) is 2. The van der Waals surface area contributed by atoms with Crippen molar-refractivity contribution in [2.75, 3.05) is 13.6 Å². The minimum absolute atomic E-state index is 0.0906. The van der Waals surface area contributed by atoms with Crippen molar-refractivity contribution in [2.45, 2.75) is 24.9 Å². The summed E-state index contributed by atoms with van der Waals surface area (Å²) in [7, 11) is 2.16. The van der Waals surface area contributed by atoms with Gasteiger partial charge < -0.3 is 5.32 Å². The Kier molecular flexibility index (Phi) is 4.77. The maximum atomic E-state index is 12.5. The monoisotopic (exact) mass is 360 g/mol. The Hall–Kier alpha value is -2.92. The van der Waals surface area contributed by atoms with Gasteiger partial charge in [0, 0.05) is 24.8 Å². The van der Waals surface area contributed by atoms with Gasteiger partial charge in [0.1, 0.15) is 0 Å². The molecule has 138 valence electrons. The van der Waals surface area contributed by atoms with Crippen LogP contribution in [0.1, 0.15) is 27.0 Å². The molecule has 1 aliphatic rings. The number of aromatic nitrogens is 2. The van der Waals surface area contributed by atoms with Crippen LogP contribution in [0.4, 0.5) is 0 Å². The lowest BCUT2D eigenvalue weighted by Gasteiger charge is -2.39.